The smallest absolute Gasteiger partial charge is 0.394 e. The Morgan fingerprint density at radius 1 is 0.446 bits per heavy atom. The summed E-state index contributed by atoms with van der Waals surface area (Å²) >= 11 is 0. The molecule has 6 rings (SSSR count). The van der Waals surface area contributed by atoms with E-state index in [1.54, 1.807) is 21.3 Å². The topological polar surface area (TPSA) is 232 Å². The van der Waals surface area contributed by atoms with E-state index in [4.69, 9.17) is 123 Å². The summed E-state index contributed by atoms with van der Waals surface area (Å²) in [6.45, 7) is 7.97. The van der Waals surface area contributed by atoms with Gasteiger partial charge in [0.2, 0.25) is 0 Å². The second-order valence-electron chi connectivity index (χ2n) is 15.8. The van der Waals surface area contributed by atoms with Crippen LogP contribution in [0.25, 0.3) is 0 Å². The molecule has 65 heavy (non-hydrogen) atoms. The molecule has 19 nitrogen and oxygen atoms in total. The predicted molar refractivity (Wildman–Crippen MR) is 243 cm³/mol. The van der Waals surface area contributed by atoms with Gasteiger partial charge in [-0.3, -0.25) is 0 Å². The summed E-state index contributed by atoms with van der Waals surface area (Å²) in [7, 11) is 30.9. The molecule has 0 saturated carbocycles. The van der Waals surface area contributed by atoms with E-state index in [1.807, 2.05) is 20.8 Å². The van der Waals surface area contributed by atoms with Gasteiger partial charge in [0.05, 0.1) is 49.3 Å². The Morgan fingerprint density at radius 3 is 0.985 bits per heavy atom. The molecule has 6 saturated heterocycles. The highest BCUT2D eigenvalue weighted by Gasteiger charge is 2.43. The molecule has 12 radical (unpaired) electrons. The van der Waals surface area contributed by atoms with Gasteiger partial charge in [0.1, 0.15) is 84.2 Å². The Labute approximate surface area is 395 Å². The van der Waals surface area contributed by atoms with Gasteiger partial charge in [0.15, 0.2) is 0 Å². The first kappa shape index (κ1) is 61.2. The van der Waals surface area contributed by atoms with Crippen molar-refractivity contribution in [2.45, 2.75) is 201 Å². The number of hydrogen-bond acceptors (Lipinski definition) is 17. The SMILES string of the molecule is [B][C@H]1C[C@@H](OC)[C@@H](CC)O1.[B][C@H]1C[C@@H](OC)[C@@H](CO)O1.[B][C@H]1C[C@@H](OC)[C@@H](CO[P+](=O)O[C@@H]2C[C@H]([B])O[C@@H]2CC)O1.[B][C@H]1C[C@@H](O[P+](=O)O)[C@@H](CC)O1.[B][C@H]1C[C@@H](O[P+](=O)O)[C@@H](CC)O1. The molecule has 28 heteroatoms. The van der Waals surface area contributed by atoms with Gasteiger partial charge in [-0.15, -0.1) is 27.9 Å². The van der Waals surface area contributed by atoms with Gasteiger partial charge in [-0.1, -0.05) is 27.7 Å². The van der Waals surface area contributed by atoms with E-state index in [0.717, 1.165) is 32.1 Å². The number of rotatable bonds is 17. The Hall–Kier alpha value is 0.0496. The lowest BCUT2D eigenvalue weighted by atomic mass is 9.96. The number of aliphatic hydroxyl groups excluding tert-OH is 1. The summed E-state index contributed by atoms with van der Waals surface area (Å²) in [5.74, 6) is 0. The van der Waals surface area contributed by atoms with Crippen LogP contribution in [0.5, 0.6) is 0 Å². The normalized spacial score (nSPS) is 39.1. The third kappa shape index (κ3) is 22.3. The Balaban J connectivity index is 0.000000290. The zero-order valence-corrected chi connectivity index (χ0v) is 41.2. The van der Waals surface area contributed by atoms with E-state index in [9.17, 15) is 13.7 Å². The van der Waals surface area contributed by atoms with E-state index in [2.05, 4.69) is 6.92 Å². The Morgan fingerprint density at radius 2 is 0.708 bits per heavy atom. The van der Waals surface area contributed by atoms with E-state index in [0.29, 0.717) is 32.1 Å². The molecule has 358 valence electrons. The first-order valence-electron chi connectivity index (χ1n) is 21.9. The predicted octanol–water partition coefficient (Wildman–Crippen LogP) is 2.44. The highest BCUT2D eigenvalue weighted by molar-refractivity contribution is 7.33. The minimum Gasteiger partial charge on any atom is -0.394 e. The second-order valence-corrected chi connectivity index (χ2v) is 18.0. The number of methoxy groups -OCH3 is 3. The lowest BCUT2D eigenvalue weighted by Crippen LogP contribution is -2.28. The molecule has 21 atom stereocenters. The number of ether oxygens (including phenoxy) is 9. The molecule has 3 unspecified atom stereocenters. The highest BCUT2D eigenvalue weighted by atomic mass is 31.1. The van der Waals surface area contributed by atoms with Crippen molar-refractivity contribution in [2.24, 2.45) is 0 Å². The second kappa shape index (κ2) is 32.8. The van der Waals surface area contributed by atoms with Crippen LogP contribution in [0.3, 0.4) is 0 Å². The van der Waals surface area contributed by atoms with Crippen LogP contribution in [0.2, 0.25) is 0 Å². The first-order chi connectivity index (χ1) is 30.8. The summed E-state index contributed by atoms with van der Waals surface area (Å²) in [4.78, 5) is 17.0. The fraction of sp³-hybridized carbons (Fsp3) is 1.00. The van der Waals surface area contributed by atoms with Crippen LogP contribution in [0.15, 0.2) is 0 Å². The van der Waals surface area contributed by atoms with Gasteiger partial charge in [-0.05, 0) is 64.2 Å². The standard InChI is InChI=1S/C12H20B2O6P.C7H13BO2.2C6H10BO4P.C6H11BO3/c1-3-7-9(5-12(14)18-7)20-21(15)17-6-10-8(16-2)4-11(13)19-10;1-3-5-6(9-2)4-7(8)10-5;2*1-2-4-5(11-12(8)9)3-6(7)10-4;1-9-4-2-6(7)10-5(4)3-8/h7-12H,3-6H2,1-2H3;5-7H,3-4H2,1-2H3;2*4-6H,2-3H2,1H3;4-6,8H,2-3H2,1H3/q+1;;;;/p+2/t7-,8-,9-,10-,11-,12-;5-,6-,7-;3*4-,5-,6-/m11111/s1. The average Bonchev–Trinajstić information content (AvgIpc) is 4.12. The van der Waals surface area contributed by atoms with Crippen LogP contribution in [0.1, 0.15) is 91.9 Å². The van der Waals surface area contributed by atoms with Crippen molar-refractivity contribution >= 4 is 71.8 Å². The largest absolute Gasteiger partial charge is 0.697 e. The molecule has 6 aliphatic rings. The number of aliphatic hydroxyl groups is 1. The third-order valence-electron chi connectivity index (χ3n) is 11.1. The Bertz CT molecular complexity index is 1280. The van der Waals surface area contributed by atoms with Gasteiger partial charge >= 0.3 is 24.8 Å². The summed E-state index contributed by atoms with van der Waals surface area (Å²) in [6, 6.07) is -1.88. The molecule has 0 aromatic heterocycles. The molecular weight excluding hydrogens is 906 g/mol. The molecule has 6 fully saturated rings. The van der Waals surface area contributed by atoms with E-state index in [1.165, 1.54) is 0 Å². The molecule has 0 aliphatic carbocycles. The van der Waals surface area contributed by atoms with Crippen LogP contribution in [-0.4, -0.2) is 206 Å². The van der Waals surface area contributed by atoms with Crippen LogP contribution >= 0.6 is 24.8 Å². The first-order valence-corrected chi connectivity index (χ1v) is 25.3. The summed E-state index contributed by atoms with van der Waals surface area (Å²) < 4.78 is 100. The maximum absolute atomic E-state index is 11.9. The minimum absolute atomic E-state index is 0.0216. The molecule has 0 aromatic carbocycles. The zero-order chi connectivity index (χ0) is 48.8. The van der Waals surface area contributed by atoms with Crippen molar-refractivity contribution in [1.29, 1.82) is 0 Å². The lowest BCUT2D eigenvalue weighted by Gasteiger charge is -2.14. The van der Waals surface area contributed by atoms with Gasteiger partial charge in [0.25, 0.3) is 0 Å². The monoisotopic (exact) mass is 973 g/mol. The van der Waals surface area contributed by atoms with Crippen LogP contribution in [0, 0.1) is 0 Å². The van der Waals surface area contributed by atoms with Crippen molar-refractivity contribution in [3.8, 4) is 0 Å². The fourth-order valence-electron chi connectivity index (χ4n) is 7.82. The molecule has 0 bridgehead atoms. The lowest BCUT2D eigenvalue weighted by molar-refractivity contribution is -0.0205. The summed E-state index contributed by atoms with van der Waals surface area (Å²) in [5.41, 5.74) is 0. The van der Waals surface area contributed by atoms with Crippen molar-refractivity contribution in [1.82, 2.24) is 0 Å². The van der Waals surface area contributed by atoms with Crippen molar-refractivity contribution in [2.75, 3.05) is 34.5 Å². The maximum Gasteiger partial charge on any atom is 0.697 e. The van der Waals surface area contributed by atoms with Crippen molar-refractivity contribution < 1.29 is 89.3 Å². The molecule has 6 aliphatic heterocycles. The molecule has 0 aromatic rings. The van der Waals surface area contributed by atoms with Gasteiger partial charge in [-0.25, -0.2) is 0 Å². The summed E-state index contributed by atoms with van der Waals surface area (Å²) in [5, 5.41) is 8.72. The minimum atomic E-state index is -2.55. The maximum atomic E-state index is 11.9. The zero-order valence-electron chi connectivity index (χ0n) is 38.6. The van der Waals surface area contributed by atoms with Crippen molar-refractivity contribution in [3.05, 3.63) is 0 Å². The molecule has 0 amide bonds. The third-order valence-corrected chi connectivity index (χ3v) is 12.8. The van der Waals surface area contributed by atoms with Crippen LogP contribution < -0.4 is 0 Å². The molecule has 0 spiro atoms. The van der Waals surface area contributed by atoms with Crippen LogP contribution in [-0.2, 0) is 74.4 Å². The van der Waals surface area contributed by atoms with Gasteiger partial charge in [0, 0.05) is 71.0 Å². The van der Waals surface area contributed by atoms with Crippen molar-refractivity contribution in [3.63, 3.8) is 0 Å². The summed E-state index contributed by atoms with van der Waals surface area (Å²) in [6.07, 6.45) is 4.99. The average molecular weight is 973 g/mol. The highest BCUT2D eigenvalue weighted by Crippen LogP contribution is 2.36. The van der Waals surface area contributed by atoms with E-state index < -0.39 is 24.8 Å². The Kier molecular flexibility index (Phi) is 30.9. The molecule has 3 N–H and O–H groups in total. The molecule has 6 heterocycles. The van der Waals surface area contributed by atoms with Crippen LogP contribution in [0.4, 0.5) is 0 Å². The van der Waals surface area contributed by atoms with E-state index >= 15 is 0 Å². The van der Waals surface area contributed by atoms with E-state index in [-0.39, 0.29) is 122 Å². The fourth-order valence-corrected chi connectivity index (χ4v) is 9.50. The van der Waals surface area contributed by atoms with Gasteiger partial charge < -0.3 is 47.7 Å². The number of hydrogen-bond donors (Lipinski definition) is 3. The quantitative estimate of drug-likeness (QED) is 0.140. The van der Waals surface area contributed by atoms with Gasteiger partial charge in [-0.2, -0.15) is 0 Å². The molecular formula is C37H66B6O19P3+3.